The fourth-order valence-corrected chi connectivity index (χ4v) is 0.638. The van der Waals surface area contributed by atoms with Crippen LogP contribution in [0.1, 0.15) is 41.0 Å². The van der Waals surface area contributed by atoms with Crippen LogP contribution in [0.2, 0.25) is 0 Å². The Morgan fingerprint density at radius 2 is 1.91 bits per heavy atom. The van der Waals surface area contributed by atoms with Crippen LogP contribution < -0.4 is 0 Å². The van der Waals surface area contributed by atoms with Crippen molar-refractivity contribution >= 4 is 0 Å². The molecule has 1 N–H and O–H groups in total. The Balaban J connectivity index is 4.03. The van der Waals surface area contributed by atoms with Crippen molar-refractivity contribution in [2.75, 3.05) is 0 Å². The fourth-order valence-electron chi connectivity index (χ4n) is 0.638. The summed E-state index contributed by atoms with van der Waals surface area (Å²) in [4.78, 5) is 0. The molecular weight excluding hydrogens is 136 g/mol. The second-order valence-corrected chi connectivity index (χ2v) is 4.15. The molecule has 1 unspecified atom stereocenters. The van der Waals surface area contributed by atoms with Gasteiger partial charge in [-0.1, -0.05) is 25.5 Å². The predicted molar refractivity (Wildman–Crippen MR) is 49.5 cm³/mol. The number of aliphatic hydroxyl groups is 1. The topological polar surface area (TPSA) is 20.2 Å². The normalized spacial score (nSPS) is 14.4. The minimum absolute atomic E-state index is 0.0112. The van der Waals surface area contributed by atoms with Crippen molar-refractivity contribution in [1.82, 2.24) is 0 Å². The van der Waals surface area contributed by atoms with Gasteiger partial charge in [0, 0.05) is 0 Å². The van der Waals surface area contributed by atoms with E-state index in [4.69, 9.17) is 0 Å². The highest BCUT2D eigenvalue weighted by molar-refractivity contribution is 4.96. The van der Waals surface area contributed by atoms with Gasteiger partial charge in [0.05, 0.1) is 6.10 Å². The van der Waals surface area contributed by atoms with Crippen molar-refractivity contribution in [2.45, 2.75) is 47.1 Å². The Hall–Kier alpha value is -0.300. The molecule has 0 spiro atoms. The van der Waals surface area contributed by atoms with E-state index in [2.05, 4.69) is 33.8 Å². The van der Waals surface area contributed by atoms with Gasteiger partial charge in [0.15, 0.2) is 0 Å². The molecule has 0 aliphatic carbocycles. The average molecular weight is 156 g/mol. The number of rotatable bonds is 3. The minimum Gasteiger partial charge on any atom is -0.393 e. The number of aliphatic hydroxyl groups excluding tert-OH is 1. The van der Waals surface area contributed by atoms with Gasteiger partial charge >= 0.3 is 0 Å². The van der Waals surface area contributed by atoms with Crippen LogP contribution in [0.25, 0.3) is 0 Å². The largest absolute Gasteiger partial charge is 0.393 e. The number of hydrogen-bond acceptors (Lipinski definition) is 1. The monoisotopic (exact) mass is 156 g/mol. The van der Waals surface area contributed by atoms with E-state index < -0.39 is 0 Å². The summed E-state index contributed by atoms with van der Waals surface area (Å²) < 4.78 is 0. The molecule has 66 valence electrons. The molecule has 0 radical (unpaired) electrons. The molecule has 0 aliphatic rings. The Morgan fingerprint density at radius 1 is 1.45 bits per heavy atom. The summed E-state index contributed by atoms with van der Waals surface area (Å²) in [6.45, 7) is 10.2. The summed E-state index contributed by atoms with van der Waals surface area (Å²) in [7, 11) is 0. The highest BCUT2D eigenvalue weighted by Gasteiger charge is 2.22. The molecule has 0 aliphatic heterocycles. The summed E-state index contributed by atoms with van der Waals surface area (Å²) >= 11 is 0. The van der Waals surface area contributed by atoms with E-state index in [1.54, 1.807) is 0 Å². The molecule has 0 aromatic carbocycles. The summed E-state index contributed by atoms with van der Waals surface area (Å²) in [6, 6.07) is 0. The molecule has 0 amide bonds. The van der Waals surface area contributed by atoms with Crippen LogP contribution >= 0.6 is 0 Å². The first-order valence-corrected chi connectivity index (χ1v) is 4.17. The Kier molecular flexibility index (Phi) is 3.81. The van der Waals surface area contributed by atoms with Crippen molar-refractivity contribution in [2.24, 2.45) is 5.41 Å². The fraction of sp³-hybridized carbons (Fsp3) is 0.800. The maximum absolute atomic E-state index is 9.36. The first kappa shape index (κ1) is 10.7. The zero-order valence-electron chi connectivity index (χ0n) is 8.31. The van der Waals surface area contributed by atoms with E-state index in [0.29, 0.717) is 0 Å². The lowest BCUT2D eigenvalue weighted by Gasteiger charge is -2.26. The third-order valence-electron chi connectivity index (χ3n) is 2.17. The van der Waals surface area contributed by atoms with Crippen molar-refractivity contribution < 1.29 is 5.11 Å². The van der Waals surface area contributed by atoms with Crippen molar-refractivity contribution in [3.8, 4) is 0 Å². The zero-order chi connectivity index (χ0) is 9.07. The SMILES string of the molecule is CC(C)=CCC(C)(C)C(C)O. The molecule has 1 heteroatoms. The Morgan fingerprint density at radius 3 is 2.18 bits per heavy atom. The maximum Gasteiger partial charge on any atom is 0.0565 e. The molecule has 0 aromatic heterocycles. The van der Waals surface area contributed by atoms with Gasteiger partial charge in [0.25, 0.3) is 0 Å². The van der Waals surface area contributed by atoms with Gasteiger partial charge in [-0.05, 0) is 32.6 Å². The molecule has 1 nitrogen and oxygen atoms in total. The van der Waals surface area contributed by atoms with Gasteiger partial charge in [0.2, 0.25) is 0 Å². The maximum atomic E-state index is 9.36. The van der Waals surface area contributed by atoms with Gasteiger partial charge in [-0.25, -0.2) is 0 Å². The van der Waals surface area contributed by atoms with Crippen LogP contribution in [-0.2, 0) is 0 Å². The van der Waals surface area contributed by atoms with Crippen LogP contribution in [-0.4, -0.2) is 11.2 Å². The highest BCUT2D eigenvalue weighted by Crippen LogP contribution is 2.25. The van der Waals surface area contributed by atoms with E-state index in [-0.39, 0.29) is 11.5 Å². The van der Waals surface area contributed by atoms with Gasteiger partial charge in [-0.3, -0.25) is 0 Å². The molecule has 1 atom stereocenters. The van der Waals surface area contributed by atoms with Gasteiger partial charge in [0.1, 0.15) is 0 Å². The van der Waals surface area contributed by atoms with Gasteiger partial charge < -0.3 is 5.11 Å². The standard InChI is InChI=1S/C10H20O/c1-8(2)6-7-10(4,5)9(3)11/h6,9,11H,7H2,1-5H3. The summed E-state index contributed by atoms with van der Waals surface area (Å²) in [5.41, 5.74) is 1.33. The predicted octanol–water partition coefficient (Wildman–Crippen LogP) is 2.75. The molecule has 0 saturated heterocycles. The highest BCUT2D eigenvalue weighted by atomic mass is 16.3. The van der Waals surface area contributed by atoms with E-state index >= 15 is 0 Å². The number of hydrogen-bond donors (Lipinski definition) is 1. The molecule has 0 rings (SSSR count). The lowest BCUT2D eigenvalue weighted by atomic mass is 9.83. The van der Waals surface area contributed by atoms with E-state index in [9.17, 15) is 5.11 Å². The van der Waals surface area contributed by atoms with E-state index in [0.717, 1.165) is 6.42 Å². The van der Waals surface area contributed by atoms with Crippen LogP contribution in [0.3, 0.4) is 0 Å². The molecule has 0 aromatic rings. The minimum atomic E-state index is -0.238. The summed E-state index contributed by atoms with van der Waals surface area (Å²) in [5, 5.41) is 9.36. The summed E-state index contributed by atoms with van der Waals surface area (Å²) in [5.74, 6) is 0. The van der Waals surface area contributed by atoms with Crippen LogP contribution in [0, 0.1) is 5.41 Å². The van der Waals surface area contributed by atoms with Gasteiger partial charge in [-0.15, -0.1) is 0 Å². The number of allylic oxidation sites excluding steroid dienone is 2. The van der Waals surface area contributed by atoms with E-state index in [1.807, 2.05) is 6.92 Å². The van der Waals surface area contributed by atoms with Crippen molar-refractivity contribution in [3.63, 3.8) is 0 Å². The molecule has 11 heavy (non-hydrogen) atoms. The second-order valence-electron chi connectivity index (χ2n) is 4.15. The zero-order valence-corrected chi connectivity index (χ0v) is 8.31. The molecule has 0 fully saturated rings. The van der Waals surface area contributed by atoms with Crippen molar-refractivity contribution in [3.05, 3.63) is 11.6 Å². The third-order valence-corrected chi connectivity index (χ3v) is 2.17. The smallest absolute Gasteiger partial charge is 0.0565 e. The van der Waals surface area contributed by atoms with Crippen LogP contribution in [0.4, 0.5) is 0 Å². The van der Waals surface area contributed by atoms with E-state index in [1.165, 1.54) is 5.57 Å². The quantitative estimate of drug-likeness (QED) is 0.623. The molecule has 0 bridgehead atoms. The Labute approximate surface area is 70.1 Å². The molecular formula is C10H20O. The lowest BCUT2D eigenvalue weighted by molar-refractivity contribution is 0.0684. The van der Waals surface area contributed by atoms with Gasteiger partial charge in [-0.2, -0.15) is 0 Å². The Bertz CT molecular complexity index is 139. The van der Waals surface area contributed by atoms with Crippen molar-refractivity contribution in [1.29, 1.82) is 0 Å². The molecule has 0 saturated carbocycles. The average Bonchev–Trinajstić information content (AvgIpc) is 1.84. The van der Waals surface area contributed by atoms with Crippen LogP contribution in [0.5, 0.6) is 0 Å². The third kappa shape index (κ3) is 4.20. The lowest BCUT2D eigenvalue weighted by Crippen LogP contribution is -2.25. The first-order chi connectivity index (χ1) is 4.86. The van der Waals surface area contributed by atoms with Crippen LogP contribution in [0.15, 0.2) is 11.6 Å². The first-order valence-electron chi connectivity index (χ1n) is 4.17. The summed E-state index contributed by atoms with van der Waals surface area (Å²) in [6.07, 6.45) is 2.89. The molecule has 0 heterocycles. The second kappa shape index (κ2) is 3.91.